The summed E-state index contributed by atoms with van der Waals surface area (Å²) in [4.78, 5) is 8.42. The third-order valence-corrected chi connectivity index (χ3v) is 3.03. The summed E-state index contributed by atoms with van der Waals surface area (Å²) in [5.41, 5.74) is 0.891. The van der Waals surface area contributed by atoms with Gasteiger partial charge in [0.2, 0.25) is 0 Å². The lowest BCUT2D eigenvalue weighted by molar-refractivity contribution is 0.185. The molecular weight excluding hydrogens is 218 g/mol. The Morgan fingerprint density at radius 3 is 3.18 bits per heavy atom. The molecule has 0 aliphatic carbocycles. The molecule has 1 unspecified atom stereocenters. The zero-order valence-corrected chi connectivity index (χ0v) is 9.97. The van der Waals surface area contributed by atoms with E-state index in [0.29, 0.717) is 12.4 Å². The van der Waals surface area contributed by atoms with Crippen LogP contribution in [0.1, 0.15) is 19.0 Å². The second-order valence-corrected chi connectivity index (χ2v) is 4.74. The molecule has 2 aromatic rings. The number of ether oxygens (including phenoxy) is 1. The summed E-state index contributed by atoms with van der Waals surface area (Å²) >= 11 is 0. The van der Waals surface area contributed by atoms with Crippen LogP contribution in [0, 0.1) is 6.92 Å². The average Bonchev–Trinajstić information content (AvgIpc) is 2.86. The van der Waals surface area contributed by atoms with E-state index in [1.54, 1.807) is 4.52 Å². The molecule has 1 aliphatic rings. The van der Waals surface area contributed by atoms with Gasteiger partial charge in [0.1, 0.15) is 12.1 Å². The summed E-state index contributed by atoms with van der Waals surface area (Å²) in [7, 11) is 0. The van der Waals surface area contributed by atoms with Crippen molar-refractivity contribution in [3.63, 3.8) is 0 Å². The minimum absolute atomic E-state index is 0.0350. The monoisotopic (exact) mass is 233 g/mol. The van der Waals surface area contributed by atoms with E-state index in [1.807, 2.05) is 13.0 Å². The van der Waals surface area contributed by atoms with Crippen LogP contribution >= 0.6 is 0 Å². The SMILES string of the molecule is Cc1cc(NC2(C)CCOC2)n2ncnc2n1. The molecule has 0 aromatic carbocycles. The molecule has 1 aliphatic heterocycles. The van der Waals surface area contributed by atoms with Gasteiger partial charge in [0.25, 0.3) is 5.78 Å². The first-order valence-electron chi connectivity index (χ1n) is 5.70. The maximum absolute atomic E-state index is 5.43. The maximum atomic E-state index is 5.43. The van der Waals surface area contributed by atoms with Crippen LogP contribution in [0.4, 0.5) is 5.82 Å². The van der Waals surface area contributed by atoms with E-state index >= 15 is 0 Å². The Hall–Kier alpha value is -1.69. The molecule has 6 heteroatoms. The van der Waals surface area contributed by atoms with Gasteiger partial charge in [-0.3, -0.25) is 0 Å². The normalized spacial score (nSPS) is 24.4. The first-order valence-corrected chi connectivity index (χ1v) is 5.70. The van der Waals surface area contributed by atoms with Crippen LogP contribution in [0.25, 0.3) is 5.78 Å². The molecule has 2 aromatic heterocycles. The lowest BCUT2D eigenvalue weighted by Crippen LogP contribution is -2.35. The van der Waals surface area contributed by atoms with Crippen molar-refractivity contribution >= 4 is 11.6 Å². The highest BCUT2D eigenvalue weighted by molar-refractivity contribution is 5.46. The van der Waals surface area contributed by atoms with Gasteiger partial charge in [-0.2, -0.15) is 14.6 Å². The van der Waals surface area contributed by atoms with Crippen LogP contribution < -0.4 is 5.32 Å². The van der Waals surface area contributed by atoms with Crippen molar-refractivity contribution in [3.8, 4) is 0 Å². The number of aryl methyl sites for hydroxylation is 1. The minimum atomic E-state index is -0.0350. The fourth-order valence-corrected chi connectivity index (χ4v) is 2.09. The number of nitrogens with one attached hydrogen (secondary N) is 1. The van der Waals surface area contributed by atoms with Crippen LogP contribution in [0.5, 0.6) is 0 Å². The van der Waals surface area contributed by atoms with Gasteiger partial charge in [0.05, 0.1) is 12.1 Å². The third kappa shape index (κ3) is 1.84. The topological polar surface area (TPSA) is 64.3 Å². The highest BCUT2D eigenvalue weighted by Crippen LogP contribution is 2.23. The van der Waals surface area contributed by atoms with Gasteiger partial charge >= 0.3 is 0 Å². The van der Waals surface area contributed by atoms with E-state index < -0.39 is 0 Å². The van der Waals surface area contributed by atoms with Crippen LogP contribution in [-0.2, 0) is 4.74 Å². The Kier molecular flexibility index (Phi) is 2.25. The van der Waals surface area contributed by atoms with Gasteiger partial charge in [-0.25, -0.2) is 4.98 Å². The third-order valence-electron chi connectivity index (χ3n) is 3.03. The molecule has 0 bridgehead atoms. The quantitative estimate of drug-likeness (QED) is 0.839. The van der Waals surface area contributed by atoms with Crippen LogP contribution in [0.2, 0.25) is 0 Å². The predicted octanol–water partition coefficient (Wildman–Crippen LogP) is 1.02. The van der Waals surface area contributed by atoms with Crippen molar-refractivity contribution in [2.45, 2.75) is 25.8 Å². The zero-order valence-electron chi connectivity index (χ0n) is 9.97. The molecule has 1 saturated heterocycles. The van der Waals surface area contributed by atoms with Gasteiger partial charge in [-0.15, -0.1) is 0 Å². The van der Waals surface area contributed by atoms with Gasteiger partial charge in [0.15, 0.2) is 0 Å². The first kappa shape index (κ1) is 10.5. The fourth-order valence-electron chi connectivity index (χ4n) is 2.09. The second-order valence-electron chi connectivity index (χ2n) is 4.74. The number of fused-ring (bicyclic) bond motifs is 1. The molecule has 6 nitrogen and oxygen atoms in total. The van der Waals surface area contributed by atoms with E-state index in [4.69, 9.17) is 4.74 Å². The molecule has 3 heterocycles. The number of aromatic nitrogens is 4. The molecule has 0 saturated carbocycles. The van der Waals surface area contributed by atoms with Gasteiger partial charge < -0.3 is 10.1 Å². The van der Waals surface area contributed by atoms with Crippen molar-refractivity contribution < 1.29 is 4.74 Å². The Labute approximate surface area is 99.0 Å². The Balaban J connectivity index is 2.01. The number of anilines is 1. The van der Waals surface area contributed by atoms with E-state index in [-0.39, 0.29) is 5.54 Å². The first-order chi connectivity index (χ1) is 8.16. The Morgan fingerprint density at radius 2 is 2.41 bits per heavy atom. The zero-order chi connectivity index (χ0) is 11.9. The maximum Gasteiger partial charge on any atom is 0.254 e. The van der Waals surface area contributed by atoms with Crippen LogP contribution in [-0.4, -0.2) is 38.3 Å². The fraction of sp³-hybridized carbons (Fsp3) is 0.545. The lowest BCUT2D eigenvalue weighted by Gasteiger charge is -2.25. The Bertz CT molecular complexity index is 544. The molecule has 0 radical (unpaired) electrons. The highest BCUT2D eigenvalue weighted by atomic mass is 16.5. The molecule has 0 spiro atoms. The number of rotatable bonds is 2. The summed E-state index contributed by atoms with van der Waals surface area (Å²) in [6.45, 7) is 5.62. The van der Waals surface area contributed by atoms with Crippen molar-refractivity contribution in [1.82, 2.24) is 19.6 Å². The number of hydrogen-bond acceptors (Lipinski definition) is 5. The van der Waals surface area contributed by atoms with Crippen molar-refractivity contribution in [1.29, 1.82) is 0 Å². The lowest BCUT2D eigenvalue weighted by atomic mass is 10.0. The summed E-state index contributed by atoms with van der Waals surface area (Å²) in [5.74, 6) is 1.54. The molecular formula is C11H15N5O. The van der Waals surface area contributed by atoms with Crippen LogP contribution in [0.3, 0.4) is 0 Å². The molecule has 90 valence electrons. The van der Waals surface area contributed by atoms with E-state index in [9.17, 15) is 0 Å². The molecule has 1 atom stereocenters. The number of nitrogens with zero attached hydrogens (tertiary/aromatic N) is 4. The molecule has 17 heavy (non-hydrogen) atoms. The average molecular weight is 233 g/mol. The smallest absolute Gasteiger partial charge is 0.254 e. The summed E-state index contributed by atoms with van der Waals surface area (Å²) < 4.78 is 7.15. The largest absolute Gasteiger partial charge is 0.379 e. The predicted molar refractivity (Wildman–Crippen MR) is 63.0 cm³/mol. The van der Waals surface area contributed by atoms with Crippen molar-refractivity contribution in [3.05, 3.63) is 18.1 Å². The molecule has 3 rings (SSSR count). The summed E-state index contributed by atoms with van der Waals surface area (Å²) in [6, 6.07) is 1.98. The van der Waals surface area contributed by atoms with Gasteiger partial charge in [-0.05, 0) is 20.3 Å². The van der Waals surface area contributed by atoms with Gasteiger partial charge in [0, 0.05) is 18.4 Å². The van der Waals surface area contributed by atoms with Crippen molar-refractivity contribution in [2.75, 3.05) is 18.5 Å². The van der Waals surface area contributed by atoms with E-state index in [2.05, 4.69) is 27.3 Å². The Morgan fingerprint density at radius 1 is 1.53 bits per heavy atom. The molecule has 1 N–H and O–H groups in total. The van der Waals surface area contributed by atoms with Crippen LogP contribution in [0.15, 0.2) is 12.4 Å². The summed E-state index contributed by atoms with van der Waals surface area (Å²) in [6.07, 6.45) is 2.50. The summed E-state index contributed by atoms with van der Waals surface area (Å²) in [5, 5.41) is 7.66. The molecule has 0 amide bonds. The second kappa shape index (κ2) is 3.66. The van der Waals surface area contributed by atoms with Crippen molar-refractivity contribution in [2.24, 2.45) is 0 Å². The van der Waals surface area contributed by atoms with E-state index in [1.165, 1.54) is 6.33 Å². The highest BCUT2D eigenvalue weighted by Gasteiger charge is 2.30. The number of hydrogen-bond donors (Lipinski definition) is 1. The van der Waals surface area contributed by atoms with E-state index in [0.717, 1.165) is 24.5 Å². The standard InChI is InChI=1S/C11H15N5O/c1-8-5-9(15-11(2)3-4-17-6-11)16-10(14-8)12-7-13-16/h5,7,15H,3-4,6H2,1-2H3. The minimum Gasteiger partial charge on any atom is -0.379 e. The van der Waals surface area contributed by atoms with Gasteiger partial charge in [-0.1, -0.05) is 0 Å². The molecule has 1 fully saturated rings.